The van der Waals surface area contributed by atoms with Crippen molar-refractivity contribution in [2.75, 3.05) is 13.1 Å². The van der Waals surface area contributed by atoms with Crippen molar-refractivity contribution in [3.8, 4) is 10.4 Å². The van der Waals surface area contributed by atoms with E-state index in [1.165, 1.54) is 29.0 Å². The van der Waals surface area contributed by atoms with Crippen LogP contribution in [-0.2, 0) is 0 Å². The molecule has 0 atom stereocenters. The average molecular weight is 268 g/mol. The molecule has 1 saturated heterocycles. The van der Waals surface area contributed by atoms with Gasteiger partial charge in [-0.1, -0.05) is 11.6 Å². The summed E-state index contributed by atoms with van der Waals surface area (Å²) >= 11 is 7.61. The number of aromatic amines is 1. The lowest BCUT2D eigenvalue weighted by Crippen LogP contribution is -2.27. The number of aromatic nitrogens is 2. The van der Waals surface area contributed by atoms with E-state index in [4.69, 9.17) is 11.6 Å². The van der Waals surface area contributed by atoms with Gasteiger partial charge >= 0.3 is 0 Å². The second-order valence-corrected chi connectivity index (χ2v) is 6.04. The smallest absolute Gasteiger partial charge is 0.0934 e. The topological polar surface area (TPSA) is 40.7 Å². The number of nitrogens with zero attached hydrogens (tertiary/aromatic N) is 1. The molecule has 3 rings (SSSR count). The van der Waals surface area contributed by atoms with E-state index in [2.05, 4.69) is 21.6 Å². The number of H-pyrrole nitrogens is 1. The van der Waals surface area contributed by atoms with Gasteiger partial charge in [-0.05, 0) is 38.1 Å². The van der Waals surface area contributed by atoms with Crippen LogP contribution in [0, 0.1) is 0 Å². The van der Waals surface area contributed by atoms with E-state index < -0.39 is 0 Å². The molecule has 0 aliphatic carbocycles. The predicted molar refractivity (Wildman–Crippen MR) is 71.8 cm³/mol. The second kappa shape index (κ2) is 4.80. The van der Waals surface area contributed by atoms with Crippen LogP contribution in [0.1, 0.15) is 24.5 Å². The minimum absolute atomic E-state index is 0.592. The number of thiophene rings is 1. The van der Waals surface area contributed by atoms with Crippen molar-refractivity contribution in [1.29, 1.82) is 0 Å². The zero-order valence-corrected chi connectivity index (χ0v) is 10.9. The summed E-state index contributed by atoms with van der Waals surface area (Å²) in [4.78, 5) is 1.21. The Morgan fingerprint density at radius 3 is 2.82 bits per heavy atom. The number of halogens is 1. The Balaban J connectivity index is 1.93. The third-order valence-electron chi connectivity index (χ3n) is 3.25. The molecular formula is C12H14ClN3S. The summed E-state index contributed by atoms with van der Waals surface area (Å²) < 4.78 is 0.831. The number of rotatable bonds is 2. The molecule has 0 radical (unpaired) electrons. The van der Waals surface area contributed by atoms with Crippen molar-refractivity contribution in [2.45, 2.75) is 18.8 Å². The third kappa shape index (κ3) is 2.25. The molecule has 0 spiro atoms. The van der Waals surface area contributed by atoms with Gasteiger partial charge in [0, 0.05) is 22.1 Å². The molecule has 17 heavy (non-hydrogen) atoms. The maximum atomic E-state index is 5.99. The molecule has 0 saturated carbocycles. The molecule has 2 N–H and O–H groups in total. The first-order valence-electron chi connectivity index (χ1n) is 5.84. The van der Waals surface area contributed by atoms with Gasteiger partial charge in [0.05, 0.1) is 10.5 Å². The Morgan fingerprint density at radius 2 is 2.12 bits per heavy atom. The van der Waals surface area contributed by atoms with Crippen LogP contribution in [0.25, 0.3) is 10.4 Å². The van der Waals surface area contributed by atoms with Gasteiger partial charge in [0.25, 0.3) is 0 Å². The summed E-state index contributed by atoms with van der Waals surface area (Å²) in [6, 6.07) is 4.02. The van der Waals surface area contributed by atoms with E-state index in [9.17, 15) is 0 Å². The predicted octanol–water partition coefficient (Wildman–Crippen LogP) is 3.26. The number of hydrogen-bond donors (Lipinski definition) is 2. The molecule has 2 aromatic heterocycles. The van der Waals surface area contributed by atoms with Crippen molar-refractivity contribution in [1.82, 2.24) is 15.5 Å². The van der Waals surface area contributed by atoms with E-state index in [0.717, 1.165) is 17.4 Å². The Kier molecular flexibility index (Phi) is 3.18. The van der Waals surface area contributed by atoms with Gasteiger partial charge in [-0.3, -0.25) is 5.10 Å². The summed E-state index contributed by atoms with van der Waals surface area (Å²) in [7, 11) is 0. The lowest BCUT2D eigenvalue weighted by Gasteiger charge is -2.22. The second-order valence-electron chi connectivity index (χ2n) is 4.33. The maximum absolute atomic E-state index is 5.99. The van der Waals surface area contributed by atoms with Crippen molar-refractivity contribution in [3.05, 3.63) is 28.4 Å². The Bertz CT molecular complexity index is 499. The zero-order chi connectivity index (χ0) is 11.7. The highest BCUT2D eigenvalue weighted by molar-refractivity contribution is 7.19. The van der Waals surface area contributed by atoms with Crippen LogP contribution in [0.2, 0.25) is 4.34 Å². The normalized spacial score (nSPS) is 17.5. The maximum Gasteiger partial charge on any atom is 0.0934 e. The van der Waals surface area contributed by atoms with Gasteiger partial charge in [0.2, 0.25) is 0 Å². The fourth-order valence-electron chi connectivity index (χ4n) is 2.37. The average Bonchev–Trinajstić information content (AvgIpc) is 2.98. The number of nitrogens with one attached hydrogen (secondary N) is 2. The molecule has 3 nitrogen and oxygen atoms in total. The molecule has 0 aromatic carbocycles. The Hall–Kier alpha value is -0.840. The minimum atomic E-state index is 0.592. The van der Waals surface area contributed by atoms with Gasteiger partial charge in [-0.2, -0.15) is 5.10 Å². The van der Waals surface area contributed by atoms with Gasteiger partial charge in [0.15, 0.2) is 0 Å². The van der Waals surface area contributed by atoms with E-state index in [0.29, 0.717) is 5.92 Å². The first-order valence-corrected chi connectivity index (χ1v) is 7.04. The lowest BCUT2D eigenvalue weighted by molar-refractivity contribution is 0.453. The van der Waals surface area contributed by atoms with Crippen LogP contribution in [-0.4, -0.2) is 23.3 Å². The van der Waals surface area contributed by atoms with Crippen LogP contribution in [0.4, 0.5) is 0 Å². The van der Waals surface area contributed by atoms with E-state index in [1.54, 1.807) is 11.3 Å². The molecule has 0 amide bonds. The van der Waals surface area contributed by atoms with Crippen LogP contribution >= 0.6 is 22.9 Å². The highest BCUT2D eigenvalue weighted by atomic mass is 35.5. The molecule has 2 aromatic rings. The number of hydrogen-bond acceptors (Lipinski definition) is 3. The van der Waals surface area contributed by atoms with Crippen LogP contribution in [0.3, 0.4) is 0 Å². The van der Waals surface area contributed by atoms with Crippen LogP contribution in [0.15, 0.2) is 18.3 Å². The molecule has 1 aliphatic rings. The highest BCUT2D eigenvalue weighted by Gasteiger charge is 2.21. The van der Waals surface area contributed by atoms with Crippen molar-refractivity contribution >= 4 is 22.9 Å². The van der Waals surface area contributed by atoms with E-state index >= 15 is 0 Å². The van der Waals surface area contributed by atoms with Crippen molar-refractivity contribution in [2.24, 2.45) is 0 Å². The quantitative estimate of drug-likeness (QED) is 0.877. The zero-order valence-electron chi connectivity index (χ0n) is 9.37. The molecule has 90 valence electrons. The Morgan fingerprint density at radius 1 is 1.29 bits per heavy atom. The highest BCUT2D eigenvalue weighted by Crippen LogP contribution is 2.36. The van der Waals surface area contributed by atoms with E-state index in [1.807, 2.05) is 12.3 Å². The molecule has 1 fully saturated rings. The lowest BCUT2D eigenvalue weighted by atomic mass is 9.92. The van der Waals surface area contributed by atoms with Gasteiger partial charge in [-0.25, -0.2) is 0 Å². The minimum Gasteiger partial charge on any atom is -0.317 e. The fourth-order valence-corrected chi connectivity index (χ4v) is 3.44. The summed E-state index contributed by atoms with van der Waals surface area (Å²) in [6.07, 6.45) is 4.27. The third-order valence-corrected chi connectivity index (χ3v) is 4.52. The van der Waals surface area contributed by atoms with Gasteiger partial charge in [-0.15, -0.1) is 11.3 Å². The molecule has 1 aliphatic heterocycles. The molecular weight excluding hydrogens is 254 g/mol. The molecule has 0 bridgehead atoms. The summed E-state index contributed by atoms with van der Waals surface area (Å²) in [5, 5.41) is 10.8. The summed E-state index contributed by atoms with van der Waals surface area (Å²) in [6.45, 7) is 2.18. The van der Waals surface area contributed by atoms with Crippen molar-refractivity contribution in [3.63, 3.8) is 0 Å². The first-order chi connectivity index (χ1) is 8.34. The summed E-state index contributed by atoms with van der Waals surface area (Å²) in [5.74, 6) is 0.592. The molecule has 3 heterocycles. The first kappa shape index (κ1) is 11.3. The van der Waals surface area contributed by atoms with Crippen LogP contribution in [0.5, 0.6) is 0 Å². The fraction of sp³-hybridized carbons (Fsp3) is 0.417. The SMILES string of the molecule is Clc1ccc(-c2cn[nH]c2C2CCNCC2)s1. The number of piperidine rings is 1. The largest absolute Gasteiger partial charge is 0.317 e. The van der Waals surface area contributed by atoms with Crippen LogP contribution < -0.4 is 5.32 Å². The van der Waals surface area contributed by atoms with E-state index in [-0.39, 0.29) is 0 Å². The monoisotopic (exact) mass is 267 g/mol. The standard InChI is InChI=1S/C12H14ClN3S/c13-11-2-1-10(17-11)9-7-15-16-12(9)8-3-5-14-6-4-8/h1-2,7-8,14H,3-6H2,(H,15,16). The van der Waals surface area contributed by atoms with Gasteiger partial charge < -0.3 is 5.32 Å². The van der Waals surface area contributed by atoms with Crippen molar-refractivity contribution < 1.29 is 0 Å². The summed E-state index contributed by atoms with van der Waals surface area (Å²) in [5.41, 5.74) is 2.49. The van der Waals surface area contributed by atoms with Gasteiger partial charge in [0.1, 0.15) is 0 Å². The Labute approximate surface area is 109 Å². The molecule has 0 unspecified atom stereocenters. The molecule has 5 heteroatoms.